The molecule has 1 N–H and O–H groups in total. The van der Waals surface area contributed by atoms with E-state index in [0.29, 0.717) is 5.41 Å². The van der Waals surface area contributed by atoms with Crippen molar-refractivity contribution in [3.05, 3.63) is 0 Å². The Balaban J connectivity index is 1.84. The first-order valence-electron chi connectivity index (χ1n) is 8.06. The number of hydrogen-bond donors (Lipinski definition) is 1. The van der Waals surface area contributed by atoms with Gasteiger partial charge in [-0.3, -0.25) is 0 Å². The highest BCUT2D eigenvalue weighted by atomic mass is 15.2. The summed E-state index contributed by atoms with van der Waals surface area (Å²) in [6.07, 6.45) is 8.46. The van der Waals surface area contributed by atoms with E-state index in [2.05, 4.69) is 31.0 Å². The minimum Gasteiger partial charge on any atom is -0.312 e. The van der Waals surface area contributed by atoms with Crippen molar-refractivity contribution in [2.75, 3.05) is 26.2 Å². The average Bonchev–Trinajstić information content (AvgIpc) is 2.94. The van der Waals surface area contributed by atoms with Crippen molar-refractivity contribution in [2.24, 2.45) is 11.3 Å². The van der Waals surface area contributed by atoms with Crippen molar-refractivity contribution in [2.45, 2.75) is 65.3 Å². The van der Waals surface area contributed by atoms with Gasteiger partial charge in [0, 0.05) is 19.1 Å². The summed E-state index contributed by atoms with van der Waals surface area (Å²) in [5.74, 6) is 0.945. The second kappa shape index (κ2) is 6.38. The molecule has 1 saturated heterocycles. The molecule has 2 aliphatic rings. The van der Waals surface area contributed by atoms with Gasteiger partial charge in [-0.2, -0.15) is 0 Å². The Morgan fingerprint density at radius 3 is 2.56 bits per heavy atom. The predicted octanol–water partition coefficient (Wildman–Crippen LogP) is 3.28. The van der Waals surface area contributed by atoms with Crippen molar-refractivity contribution >= 4 is 0 Å². The summed E-state index contributed by atoms with van der Waals surface area (Å²) in [6.45, 7) is 12.2. The molecule has 1 atom stereocenters. The molecule has 106 valence electrons. The van der Waals surface area contributed by atoms with Gasteiger partial charge in [0.25, 0.3) is 0 Å². The summed E-state index contributed by atoms with van der Waals surface area (Å²) in [6, 6.07) is 0.751. The molecule has 2 fully saturated rings. The Morgan fingerprint density at radius 2 is 2.00 bits per heavy atom. The lowest BCUT2D eigenvalue weighted by molar-refractivity contribution is 0.223. The molecule has 0 aromatic rings. The lowest BCUT2D eigenvalue weighted by atomic mass is 9.93. The first-order valence-corrected chi connectivity index (χ1v) is 8.06. The molecule has 0 radical (unpaired) electrons. The predicted molar refractivity (Wildman–Crippen MR) is 78.9 cm³/mol. The Morgan fingerprint density at radius 1 is 1.28 bits per heavy atom. The van der Waals surface area contributed by atoms with Crippen LogP contribution in [0.4, 0.5) is 0 Å². The van der Waals surface area contributed by atoms with E-state index in [4.69, 9.17) is 0 Å². The van der Waals surface area contributed by atoms with E-state index in [0.717, 1.165) is 12.0 Å². The first kappa shape index (κ1) is 14.3. The maximum absolute atomic E-state index is 3.82. The maximum Gasteiger partial charge on any atom is 0.0223 e. The molecule has 0 bridgehead atoms. The van der Waals surface area contributed by atoms with Crippen LogP contribution in [0.5, 0.6) is 0 Å². The smallest absolute Gasteiger partial charge is 0.0223 e. The van der Waals surface area contributed by atoms with E-state index < -0.39 is 0 Å². The van der Waals surface area contributed by atoms with Gasteiger partial charge >= 0.3 is 0 Å². The minimum atomic E-state index is 0.547. The lowest BCUT2D eigenvalue weighted by Crippen LogP contribution is -2.45. The van der Waals surface area contributed by atoms with E-state index in [-0.39, 0.29) is 0 Å². The Bertz CT molecular complexity index is 243. The molecule has 1 unspecified atom stereocenters. The second-order valence-electron chi connectivity index (χ2n) is 7.25. The van der Waals surface area contributed by atoms with Gasteiger partial charge in [0.15, 0.2) is 0 Å². The van der Waals surface area contributed by atoms with Gasteiger partial charge in [-0.1, -0.05) is 33.6 Å². The summed E-state index contributed by atoms with van der Waals surface area (Å²) in [7, 11) is 0. The van der Waals surface area contributed by atoms with Crippen LogP contribution in [0.3, 0.4) is 0 Å². The molecule has 1 saturated carbocycles. The number of nitrogens with zero attached hydrogens (tertiary/aromatic N) is 1. The zero-order chi connectivity index (χ0) is 13.0. The molecule has 1 heterocycles. The second-order valence-corrected chi connectivity index (χ2v) is 7.25. The van der Waals surface area contributed by atoms with Crippen molar-refractivity contribution < 1.29 is 0 Å². The number of rotatable bonds is 6. The van der Waals surface area contributed by atoms with Crippen LogP contribution in [-0.2, 0) is 0 Å². The van der Waals surface area contributed by atoms with E-state index >= 15 is 0 Å². The standard InChI is InChI=1S/C16H32N2/c1-4-10-17-15(14-7-5-6-8-14)12-18-11-9-16(2,3)13-18/h14-15,17H,4-13H2,1-3H3. The maximum atomic E-state index is 3.82. The Labute approximate surface area is 114 Å². The Hall–Kier alpha value is -0.0800. The fourth-order valence-corrected chi connectivity index (χ4v) is 3.73. The molecule has 18 heavy (non-hydrogen) atoms. The van der Waals surface area contributed by atoms with Crippen LogP contribution in [-0.4, -0.2) is 37.1 Å². The topological polar surface area (TPSA) is 15.3 Å². The van der Waals surface area contributed by atoms with Crippen LogP contribution in [0.15, 0.2) is 0 Å². The monoisotopic (exact) mass is 252 g/mol. The van der Waals surface area contributed by atoms with Crippen LogP contribution in [0.1, 0.15) is 59.3 Å². The van der Waals surface area contributed by atoms with Gasteiger partial charge in [-0.05, 0) is 50.1 Å². The van der Waals surface area contributed by atoms with Crippen LogP contribution in [0.2, 0.25) is 0 Å². The third-order valence-corrected chi connectivity index (χ3v) is 4.84. The highest BCUT2D eigenvalue weighted by molar-refractivity contribution is 4.88. The SMILES string of the molecule is CCCNC(CN1CCC(C)(C)C1)C1CCCC1. The van der Waals surface area contributed by atoms with E-state index in [9.17, 15) is 0 Å². The van der Waals surface area contributed by atoms with Crippen molar-refractivity contribution in [1.29, 1.82) is 0 Å². The molecule has 1 aliphatic carbocycles. The summed E-state index contributed by atoms with van der Waals surface area (Å²) in [4.78, 5) is 2.70. The molecule has 0 amide bonds. The van der Waals surface area contributed by atoms with Crippen LogP contribution >= 0.6 is 0 Å². The zero-order valence-corrected chi connectivity index (χ0v) is 12.7. The molecule has 2 nitrogen and oxygen atoms in total. The summed E-state index contributed by atoms with van der Waals surface area (Å²) in [5.41, 5.74) is 0.547. The molecular weight excluding hydrogens is 220 g/mol. The van der Waals surface area contributed by atoms with Crippen LogP contribution in [0.25, 0.3) is 0 Å². The summed E-state index contributed by atoms with van der Waals surface area (Å²) < 4.78 is 0. The third kappa shape index (κ3) is 3.96. The lowest BCUT2D eigenvalue weighted by Gasteiger charge is -2.30. The van der Waals surface area contributed by atoms with E-state index in [1.54, 1.807) is 0 Å². The largest absolute Gasteiger partial charge is 0.312 e. The minimum absolute atomic E-state index is 0.547. The molecule has 0 aromatic carbocycles. The van der Waals surface area contributed by atoms with Gasteiger partial charge in [0.1, 0.15) is 0 Å². The fraction of sp³-hybridized carbons (Fsp3) is 1.00. The number of hydrogen-bond acceptors (Lipinski definition) is 2. The van der Waals surface area contributed by atoms with Gasteiger partial charge < -0.3 is 10.2 Å². The average molecular weight is 252 g/mol. The van der Waals surface area contributed by atoms with Crippen molar-refractivity contribution in [1.82, 2.24) is 10.2 Å². The quantitative estimate of drug-likeness (QED) is 0.780. The molecule has 2 rings (SSSR count). The highest BCUT2D eigenvalue weighted by Gasteiger charge is 2.32. The van der Waals surface area contributed by atoms with Gasteiger partial charge in [0.2, 0.25) is 0 Å². The van der Waals surface area contributed by atoms with Gasteiger partial charge in [0.05, 0.1) is 0 Å². The zero-order valence-electron chi connectivity index (χ0n) is 12.7. The van der Waals surface area contributed by atoms with Gasteiger partial charge in [-0.25, -0.2) is 0 Å². The number of likely N-dealkylation sites (tertiary alicyclic amines) is 1. The molecule has 2 heteroatoms. The summed E-state index contributed by atoms with van der Waals surface area (Å²) >= 11 is 0. The highest BCUT2D eigenvalue weighted by Crippen LogP contribution is 2.32. The third-order valence-electron chi connectivity index (χ3n) is 4.84. The van der Waals surface area contributed by atoms with E-state index in [1.807, 2.05) is 0 Å². The molecule has 1 aliphatic heterocycles. The van der Waals surface area contributed by atoms with Gasteiger partial charge in [-0.15, -0.1) is 0 Å². The first-order chi connectivity index (χ1) is 8.61. The molecular formula is C16H32N2. The van der Waals surface area contributed by atoms with Crippen molar-refractivity contribution in [3.63, 3.8) is 0 Å². The van der Waals surface area contributed by atoms with Crippen molar-refractivity contribution in [3.8, 4) is 0 Å². The summed E-state index contributed by atoms with van der Waals surface area (Å²) in [5, 5.41) is 3.82. The Kier molecular flexibility index (Phi) is 5.08. The molecule has 0 spiro atoms. The number of nitrogens with one attached hydrogen (secondary N) is 1. The molecule has 0 aromatic heterocycles. The normalized spacial score (nSPS) is 26.8. The van der Waals surface area contributed by atoms with Crippen LogP contribution in [0, 0.1) is 11.3 Å². The fourth-order valence-electron chi connectivity index (χ4n) is 3.73. The van der Waals surface area contributed by atoms with Crippen LogP contribution < -0.4 is 5.32 Å². The van der Waals surface area contributed by atoms with E-state index in [1.165, 1.54) is 64.7 Å².